The first-order valence-electron chi connectivity index (χ1n) is 6.18. The van der Waals surface area contributed by atoms with Crippen LogP contribution in [0.3, 0.4) is 0 Å². The Morgan fingerprint density at radius 2 is 1.68 bits per heavy atom. The summed E-state index contributed by atoms with van der Waals surface area (Å²) in [7, 11) is 0. The Balaban J connectivity index is 2.29. The van der Waals surface area contributed by atoms with Gasteiger partial charge in [0.15, 0.2) is 0 Å². The molecule has 1 heteroatoms. The minimum Gasteiger partial charge on any atom is -0.376 e. The largest absolute Gasteiger partial charge is 0.376 e. The van der Waals surface area contributed by atoms with Crippen LogP contribution in [0.4, 0.5) is 0 Å². The third-order valence-electron chi connectivity index (χ3n) is 2.84. The van der Waals surface area contributed by atoms with Gasteiger partial charge >= 0.3 is 0 Å². The summed E-state index contributed by atoms with van der Waals surface area (Å²) in [5, 5.41) is 10.2. The van der Waals surface area contributed by atoms with Crippen LogP contribution in [-0.2, 0) is 0 Å². The van der Waals surface area contributed by atoms with Crippen LogP contribution in [0.2, 0.25) is 0 Å². The Labute approximate surface area is 114 Å². The smallest absolute Gasteiger partial charge is 0.141 e. The number of aliphatic hydroxyl groups is 1. The molecular formula is C18H16O. The predicted molar refractivity (Wildman–Crippen MR) is 79.4 cm³/mol. The van der Waals surface area contributed by atoms with Crippen LogP contribution < -0.4 is 0 Å². The molecule has 1 nitrogen and oxygen atoms in total. The van der Waals surface area contributed by atoms with Crippen LogP contribution in [-0.4, -0.2) is 5.11 Å². The van der Waals surface area contributed by atoms with E-state index in [1.807, 2.05) is 61.5 Å². The van der Waals surface area contributed by atoms with E-state index in [-0.39, 0.29) is 0 Å². The van der Waals surface area contributed by atoms with E-state index in [4.69, 9.17) is 0 Å². The van der Waals surface area contributed by atoms with E-state index in [0.717, 1.165) is 22.3 Å². The first kappa shape index (κ1) is 13.1. The zero-order valence-electron chi connectivity index (χ0n) is 10.9. The minimum absolute atomic E-state index is 0.798. The second-order valence-electron chi connectivity index (χ2n) is 4.41. The van der Waals surface area contributed by atoms with Crippen molar-refractivity contribution in [3.05, 3.63) is 77.9 Å². The molecule has 0 amide bonds. The summed E-state index contributed by atoms with van der Waals surface area (Å²) >= 11 is 0. The quantitative estimate of drug-likeness (QED) is 0.801. The molecule has 0 saturated heterocycles. The lowest BCUT2D eigenvalue weighted by Gasteiger charge is -2.10. The molecule has 0 aromatic heterocycles. The van der Waals surface area contributed by atoms with Gasteiger partial charge in [-0.1, -0.05) is 66.5 Å². The van der Waals surface area contributed by atoms with Crippen molar-refractivity contribution in [1.29, 1.82) is 0 Å². The van der Waals surface area contributed by atoms with Crippen LogP contribution in [0.15, 0.2) is 61.2 Å². The Bertz CT molecular complexity index is 629. The Kier molecular flexibility index (Phi) is 4.18. The van der Waals surface area contributed by atoms with Crippen molar-refractivity contribution < 1.29 is 5.11 Å². The topological polar surface area (TPSA) is 20.2 Å². The van der Waals surface area contributed by atoms with Gasteiger partial charge in [-0.25, -0.2) is 0 Å². The molecule has 1 atom stereocenters. The molecule has 0 heterocycles. The summed E-state index contributed by atoms with van der Waals surface area (Å²) in [6.45, 7) is 5.85. The molecule has 0 spiro atoms. The second kappa shape index (κ2) is 6.04. The first-order chi connectivity index (χ1) is 9.18. The predicted octanol–water partition coefficient (Wildman–Crippen LogP) is 3.80. The van der Waals surface area contributed by atoms with Crippen LogP contribution in [0.5, 0.6) is 0 Å². The van der Waals surface area contributed by atoms with Crippen LogP contribution in [0.1, 0.15) is 29.7 Å². The van der Waals surface area contributed by atoms with Crippen molar-refractivity contribution in [2.45, 2.75) is 13.0 Å². The molecule has 0 saturated carbocycles. The van der Waals surface area contributed by atoms with Crippen LogP contribution in [0.25, 0.3) is 5.57 Å². The van der Waals surface area contributed by atoms with Crippen LogP contribution >= 0.6 is 0 Å². The van der Waals surface area contributed by atoms with E-state index < -0.39 is 6.10 Å². The molecule has 1 N–H and O–H groups in total. The van der Waals surface area contributed by atoms with E-state index in [9.17, 15) is 5.11 Å². The van der Waals surface area contributed by atoms with Gasteiger partial charge in [0.05, 0.1) is 0 Å². The van der Waals surface area contributed by atoms with Gasteiger partial charge in [-0.05, 0) is 24.6 Å². The lowest BCUT2D eigenvalue weighted by molar-refractivity contribution is 0.238. The van der Waals surface area contributed by atoms with Crippen molar-refractivity contribution >= 4 is 5.57 Å². The third-order valence-corrected chi connectivity index (χ3v) is 2.84. The fraction of sp³-hybridized carbons (Fsp3) is 0.111. The standard InChI is InChI=1S/C18H16O/c1-14(2)16-10-6-7-11-17(16)18(19)13-12-15-8-4-3-5-9-15/h3-11,18-19H,1H2,2H3. The number of rotatable bonds is 2. The molecule has 0 aliphatic rings. The van der Waals surface area contributed by atoms with Gasteiger partial charge in [0.1, 0.15) is 6.10 Å². The maximum atomic E-state index is 10.2. The molecule has 2 aromatic rings. The Morgan fingerprint density at radius 1 is 1.05 bits per heavy atom. The molecule has 0 aliphatic carbocycles. The molecular weight excluding hydrogens is 232 g/mol. The highest BCUT2D eigenvalue weighted by molar-refractivity contribution is 5.65. The van der Waals surface area contributed by atoms with E-state index in [1.54, 1.807) is 0 Å². The lowest BCUT2D eigenvalue weighted by atomic mass is 9.98. The molecule has 0 aliphatic heterocycles. The number of allylic oxidation sites excluding steroid dienone is 1. The molecule has 19 heavy (non-hydrogen) atoms. The first-order valence-corrected chi connectivity index (χ1v) is 6.18. The van der Waals surface area contributed by atoms with Gasteiger partial charge in [-0.15, -0.1) is 0 Å². The number of aliphatic hydroxyl groups excluding tert-OH is 1. The van der Waals surface area contributed by atoms with E-state index in [1.165, 1.54) is 0 Å². The van der Waals surface area contributed by atoms with Crippen molar-refractivity contribution in [1.82, 2.24) is 0 Å². The van der Waals surface area contributed by atoms with Crippen molar-refractivity contribution in [3.8, 4) is 11.8 Å². The second-order valence-corrected chi connectivity index (χ2v) is 4.41. The highest BCUT2D eigenvalue weighted by Gasteiger charge is 2.09. The summed E-state index contributed by atoms with van der Waals surface area (Å²) in [5.74, 6) is 5.85. The molecule has 94 valence electrons. The zero-order chi connectivity index (χ0) is 13.7. The van der Waals surface area contributed by atoms with Gasteiger partial charge in [0, 0.05) is 11.1 Å². The van der Waals surface area contributed by atoms with Gasteiger partial charge in [-0.2, -0.15) is 0 Å². The van der Waals surface area contributed by atoms with Gasteiger partial charge in [0.25, 0.3) is 0 Å². The van der Waals surface area contributed by atoms with Crippen molar-refractivity contribution in [3.63, 3.8) is 0 Å². The van der Waals surface area contributed by atoms with E-state index in [2.05, 4.69) is 18.4 Å². The Hall–Kier alpha value is -2.30. The Morgan fingerprint density at radius 3 is 2.37 bits per heavy atom. The molecule has 0 bridgehead atoms. The number of hydrogen-bond donors (Lipinski definition) is 1. The lowest BCUT2D eigenvalue weighted by Crippen LogP contribution is -1.98. The van der Waals surface area contributed by atoms with E-state index in [0.29, 0.717) is 0 Å². The fourth-order valence-corrected chi connectivity index (χ4v) is 1.88. The van der Waals surface area contributed by atoms with Crippen molar-refractivity contribution in [2.75, 3.05) is 0 Å². The maximum Gasteiger partial charge on any atom is 0.141 e. The maximum absolute atomic E-state index is 10.2. The summed E-state index contributed by atoms with van der Waals surface area (Å²) in [6.07, 6.45) is -0.798. The minimum atomic E-state index is -0.798. The normalized spacial score (nSPS) is 11.3. The molecule has 2 aromatic carbocycles. The van der Waals surface area contributed by atoms with Gasteiger partial charge < -0.3 is 5.11 Å². The van der Waals surface area contributed by atoms with Crippen molar-refractivity contribution in [2.24, 2.45) is 0 Å². The monoisotopic (exact) mass is 248 g/mol. The summed E-state index contributed by atoms with van der Waals surface area (Å²) in [5.41, 5.74) is 3.58. The van der Waals surface area contributed by atoms with E-state index >= 15 is 0 Å². The highest BCUT2D eigenvalue weighted by Crippen LogP contribution is 2.23. The van der Waals surface area contributed by atoms with Gasteiger partial charge in [0.2, 0.25) is 0 Å². The average molecular weight is 248 g/mol. The van der Waals surface area contributed by atoms with Crippen LogP contribution in [0, 0.1) is 11.8 Å². The number of benzene rings is 2. The van der Waals surface area contributed by atoms with Gasteiger partial charge in [-0.3, -0.25) is 0 Å². The summed E-state index contributed by atoms with van der Waals surface area (Å²) < 4.78 is 0. The fourth-order valence-electron chi connectivity index (χ4n) is 1.88. The highest BCUT2D eigenvalue weighted by atomic mass is 16.3. The molecule has 0 radical (unpaired) electrons. The number of hydrogen-bond acceptors (Lipinski definition) is 1. The molecule has 1 unspecified atom stereocenters. The average Bonchev–Trinajstić information content (AvgIpc) is 2.46. The molecule has 0 fully saturated rings. The SMILES string of the molecule is C=C(C)c1ccccc1C(O)C#Cc1ccccc1. The summed E-state index contributed by atoms with van der Waals surface area (Å²) in [4.78, 5) is 0. The molecule has 2 rings (SSSR count). The third kappa shape index (κ3) is 3.34. The zero-order valence-corrected chi connectivity index (χ0v) is 10.9. The summed E-state index contributed by atoms with van der Waals surface area (Å²) in [6, 6.07) is 17.3.